The average molecular weight is 1480 g/mol. The van der Waals surface area contributed by atoms with Crippen LogP contribution in [0.15, 0.2) is 0 Å². The number of carbonyl (C=O) groups excluding carboxylic acids is 4. The third-order valence-corrected chi connectivity index (χ3v) is 21.2. The Hall–Kier alpha value is -1.94. The lowest BCUT2D eigenvalue weighted by molar-refractivity contribution is -0.161. The second-order valence-electron chi connectivity index (χ2n) is 30.0. The lowest BCUT2D eigenvalue weighted by atomic mass is 10.0. The van der Waals surface area contributed by atoms with Gasteiger partial charge < -0.3 is 33.8 Å². The van der Waals surface area contributed by atoms with E-state index >= 15 is 0 Å². The van der Waals surface area contributed by atoms with Gasteiger partial charge in [0.05, 0.1) is 26.4 Å². The summed E-state index contributed by atoms with van der Waals surface area (Å²) in [7, 11) is -9.92. The maximum Gasteiger partial charge on any atom is 0.472 e. The third-order valence-electron chi connectivity index (χ3n) is 19.3. The van der Waals surface area contributed by atoms with Crippen LogP contribution < -0.4 is 0 Å². The topological polar surface area (TPSA) is 237 Å². The number of hydrogen-bond donors (Lipinski definition) is 3. The summed E-state index contributed by atoms with van der Waals surface area (Å²) >= 11 is 0. The fraction of sp³-hybridized carbons (Fsp3) is 0.951. The second kappa shape index (κ2) is 74.9. The molecule has 0 saturated carbocycles. The number of aliphatic hydroxyl groups is 1. The molecule has 0 fully saturated rings. The first-order chi connectivity index (χ1) is 49.0. The van der Waals surface area contributed by atoms with E-state index in [1.165, 1.54) is 257 Å². The molecule has 0 aliphatic rings. The van der Waals surface area contributed by atoms with Crippen molar-refractivity contribution in [1.82, 2.24) is 0 Å². The second-order valence-corrected chi connectivity index (χ2v) is 32.9. The molecule has 0 aliphatic heterocycles. The van der Waals surface area contributed by atoms with Crippen LogP contribution in [0.3, 0.4) is 0 Å². The van der Waals surface area contributed by atoms with Crippen LogP contribution in [-0.2, 0) is 65.4 Å². The molecule has 0 rings (SSSR count). The fourth-order valence-electron chi connectivity index (χ4n) is 12.8. The Morgan fingerprint density at radius 2 is 0.455 bits per heavy atom. The van der Waals surface area contributed by atoms with Gasteiger partial charge in [0.2, 0.25) is 0 Å². The van der Waals surface area contributed by atoms with Gasteiger partial charge in [-0.15, -0.1) is 0 Å². The van der Waals surface area contributed by atoms with Crippen LogP contribution in [0.25, 0.3) is 0 Å². The molecule has 0 saturated heterocycles. The summed E-state index contributed by atoms with van der Waals surface area (Å²) < 4.78 is 68.8. The van der Waals surface area contributed by atoms with Crippen molar-refractivity contribution in [2.24, 2.45) is 5.92 Å². The lowest BCUT2D eigenvalue weighted by Gasteiger charge is -2.21. The highest BCUT2D eigenvalue weighted by molar-refractivity contribution is 7.47. The van der Waals surface area contributed by atoms with Crippen molar-refractivity contribution in [2.45, 2.75) is 457 Å². The molecule has 0 radical (unpaired) electrons. The molecule has 19 heteroatoms. The standard InChI is InChI=1S/C82H160O17P2/c1-6-9-12-15-18-21-24-27-30-32-34-37-39-42-45-50-55-60-65-79(84)92-71-77(98-81(86)68-63-58-52-47-44-41-38-35-33-31-28-25-22-19-16-13-10-7-2)73-96-100(88,89)94-69-76(83)70-95-101(90,91)97-74-78(72-93-80(85)66-61-56-53-48-49-54-59-64-75(4)5)99-82(87)67-62-57-51-46-43-40-36-29-26-23-20-17-14-11-8-3/h75-78,83H,6-74H2,1-5H3,(H,88,89)(H,90,91)/t76-,77-,78-/m1/s1. The summed E-state index contributed by atoms with van der Waals surface area (Å²) in [6.45, 7) is 7.29. The molecule has 0 aliphatic carbocycles. The third kappa shape index (κ3) is 76.1. The highest BCUT2D eigenvalue weighted by atomic mass is 31.2. The number of phosphoric ester groups is 2. The Bertz CT molecular complexity index is 1930. The van der Waals surface area contributed by atoms with Gasteiger partial charge in [0.1, 0.15) is 19.3 Å². The molecule has 2 unspecified atom stereocenters. The van der Waals surface area contributed by atoms with Crippen molar-refractivity contribution >= 4 is 39.5 Å². The monoisotopic (exact) mass is 1480 g/mol. The van der Waals surface area contributed by atoms with Gasteiger partial charge in [-0.3, -0.25) is 37.3 Å². The van der Waals surface area contributed by atoms with Gasteiger partial charge in [-0.2, -0.15) is 0 Å². The minimum Gasteiger partial charge on any atom is -0.462 e. The molecule has 0 aromatic carbocycles. The van der Waals surface area contributed by atoms with Gasteiger partial charge in [-0.25, -0.2) is 9.13 Å². The number of unbranched alkanes of at least 4 members (excludes halogenated alkanes) is 54. The number of rotatable bonds is 82. The van der Waals surface area contributed by atoms with Crippen LogP contribution in [0, 0.1) is 5.92 Å². The van der Waals surface area contributed by atoms with Gasteiger partial charge in [-0.1, -0.05) is 388 Å². The van der Waals surface area contributed by atoms with E-state index in [0.717, 1.165) is 96.3 Å². The number of ether oxygens (including phenoxy) is 4. The molecule has 600 valence electrons. The molecule has 0 aromatic rings. The highest BCUT2D eigenvalue weighted by Gasteiger charge is 2.30. The Balaban J connectivity index is 5.23. The van der Waals surface area contributed by atoms with E-state index < -0.39 is 97.5 Å². The molecule has 0 heterocycles. The first kappa shape index (κ1) is 99.1. The highest BCUT2D eigenvalue weighted by Crippen LogP contribution is 2.45. The van der Waals surface area contributed by atoms with E-state index in [9.17, 15) is 43.2 Å². The molecule has 101 heavy (non-hydrogen) atoms. The van der Waals surface area contributed by atoms with Crippen molar-refractivity contribution < 1.29 is 80.2 Å². The van der Waals surface area contributed by atoms with Gasteiger partial charge in [-0.05, 0) is 31.6 Å². The summed E-state index contributed by atoms with van der Waals surface area (Å²) in [6.07, 6.45) is 66.7. The molecule has 17 nitrogen and oxygen atoms in total. The van der Waals surface area contributed by atoms with Crippen LogP contribution in [0.1, 0.15) is 439 Å². The summed E-state index contributed by atoms with van der Waals surface area (Å²) in [5, 5.41) is 10.6. The van der Waals surface area contributed by atoms with E-state index in [0.29, 0.717) is 31.6 Å². The molecule has 0 spiro atoms. The number of esters is 4. The van der Waals surface area contributed by atoms with Gasteiger partial charge in [0.15, 0.2) is 12.2 Å². The summed E-state index contributed by atoms with van der Waals surface area (Å²) in [6, 6.07) is 0. The average Bonchev–Trinajstić information content (AvgIpc) is 0.940. The zero-order valence-electron chi connectivity index (χ0n) is 66.1. The molecule has 5 atom stereocenters. The zero-order chi connectivity index (χ0) is 74.1. The lowest BCUT2D eigenvalue weighted by Crippen LogP contribution is -2.30. The first-order valence-electron chi connectivity index (χ1n) is 42.6. The van der Waals surface area contributed by atoms with Crippen molar-refractivity contribution in [3.63, 3.8) is 0 Å². The number of hydrogen-bond acceptors (Lipinski definition) is 15. The SMILES string of the molecule is CCCCCCCCCCCCCCCCCCCCC(=O)OC[C@H](COP(=O)(O)OC[C@@H](O)COP(=O)(O)OC[C@@H](COC(=O)CCCCCCCCCC(C)C)OC(=O)CCCCCCCCCCCCCCCCC)OC(=O)CCCCCCCCCCCCCCCCCCCC. The predicted molar refractivity (Wildman–Crippen MR) is 414 cm³/mol. The van der Waals surface area contributed by atoms with Gasteiger partial charge >= 0.3 is 39.5 Å². The maximum absolute atomic E-state index is 13.1. The van der Waals surface area contributed by atoms with Crippen LogP contribution in [0.4, 0.5) is 0 Å². The van der Waals surface area contributed by atoms with Crippen LogP contribution in [0.2, 0.25) is 0 Å². The summed E-state index contributed by atoms with van der Waals surface area (Å²) in [5.41, 5.74) is 0. The fourth-order valence-corrected chi connectivity index (χ4v) is 14.3. The summed E-state index contributed by atoms with van der Waals surface area (Å²) in [4.78, 5) is 73.1. The van der Waals surface area contributed by atoms with E-state index in [2.05, 4.69) is 34.6 Å². The Morgan fingerprint density at radius 1 is 0.267 bits per heavy atom. The molecule has 0 aromatic heterocycles. The molecular weight excluding hydrogens is 1320 g/mol. The van der Waals surface area contributed by atoms with Crippen LogP contribution in [-0.4, -0.2) is 96.7 Å². The zero-order valence-corrected chi connectivity index (χ0v) is 67.8. The number of carbonyl (C=O) groups is 4. The van der Waals surface area contributed by atoms with Crippen molar-refractivity contribution in [1.29, 1.82) is 0 Å². The first-order valence-corrected chi connectivity index (χ1v) is 45.6. The van der Waals surface area contributed by atoms with Crippen LogP contribution in [0.5, 0.6) is 0 Å². The molecule has 3 N–H and O–H groups in total. The van der Waals surface area contributed by atoms with E-state index in [1.54, 1.807) is 0 Å². The van der Waals surface area contributed by atoms with E-state index in [4.69, 9.17) is 37.0 Å². The Kier molecular flexibility index (Phi) is 73.5. The van der Waals surface area contributed by atoms with E-state index in [1.807, 2.05) is 0 Å². The van der Waals surface area contributed by atoms with Crippen molar-refractivity contribution in [2.75, 3.05) is 39.6 Å². The Morgan fingerprint density at radius 3 is 0.673 bits per heavy atom. The van der Waals surface area contributed by atoms with E-state index in [-0.39, 0.29) is 25.7 Å². The van der Waals surface area contributed by atoms with Gasteiger partial charge in [0, 0.05) is 25.7 Å². The molecule has 0 amide bonds. The van der Waals surface area contributed by atoms with Crippen molar-refractivity contribution in [3.05, 3.63) is 0 Å². The molecule has 0 bridgehead atoms. The smallest absolute Gasteiger partial charge is 0.462 e. The molecular formula is C82H160O17P2. The van der Waals surface area contributed by atoms with Crippen molar-refractivity contribution in [3.8, 4) is 0 Å². The largest absolute Gasteiger partial charge is 0.472 e. The number of phosphoric acid groups is 2. The predicted octanol–water partition coefficient (Wildman–Crippen LogP) is 24.8. The summed E-state index contributed by atoms with van der Waals surface area (Å²) in [5.74, 6) is -1.40. The Labute approximate surface area is 619 Å². The maximum atomic E-state index is 13.1. The minimum atomic E-state index is -4.96. The number of aliphatic hydroxyl groups excluding tert-OH is 1. The minimum absolute atomic E-state index is 0.108. The van der Waals surface area contributed by atoms with Crippen LogP contribution >= 0.6 is 15.6 Å². The van der Waals surface area contributed by atoms with Gasteiger partial charge in [0.25, 0.3) is 0 Å². The quantitative estimate of drug-likeness (QED) is 0.0222. The normalized spacial score (nSPS) is 13.8.